The summed E-state index contributed by atoms with van der Waals surface area (Å²) in [5.74, 6) is 2.27. The molecule has 4 rings (SSSR count). The van der Waals surface area contributed by atoms with Gasteiger partial charge in [-0.25, -0.2) is 0 Å². The van der Waals surface area contributed by atoms with Crippen LogP contribution in [0.2, 0.25) is 0 Å². The second-order valence-corrected chi connectivity index (χ2v) is 9.46. The molecular weight excluding hydrogens is 434 g/mol. The number of benzene rings is 1. The number of hydrogen-bond donors (Lipinski definition) is 1. The number of nitrogens with zero attached hydrogens (tertiary/aromatic N) is 4. The fourth-order valence-corrected chi connectivity index (χ4v) is 4.44. The number of carbonyl (C=O) groups is 1. The van der Waals surface area contributed by atoms with Crippen molar-refractivity contribution in [2.24, 2.45) is 5.92 Å². The van der Waals surface area contributed by atoms with Crippen LogP contribution in [0.25, 0.3) is 11.4 Å². The van der Waals surface area contributed by atoms with Gasteiger partial charge in [-0.3, -0.25) is 9.59 Å². The number of amides is 1. The lowest BCUT2D eigenvalue weighted by molar-refractivity contribution is -0.132. The molecule has 1 N–H and O–H groups in total. The van der Waals surface area contributed by atoms with Crippen molar-refractivity contribution in [2.45, 2.75) is 51.0 Å². The van der Waals surface area contributed by atoms with Crippen molar-refractivity contribution < 1.29 is 14.3 Å². The molecule has 1 saturated carbocycles. The Kier molecular flexibility index (Phi) is 7.82. The van der Waals surface area contributed by atoms with Crippen LogP contribution in [0.1, 0.15) is 44.2 Å². The highest BCUT2D eigenvalue weighted by molar-refractivity contribution is 5.76. The lowest BCUT2D eigenvalue weighted by Gasteiger charge is -2.35. The van der Waals surface area contributed by atoms with Crippen molar-refractivity contribution in [3.63, 3.8) is 0 Å². The second kappa shape index (κ2) is 11.0. The smallest absolute Gasteiger partial charge is 0.273 e. The maximum atomic E-state index is 12.6. The van der Waals surface area contributed by atoms with E-state index in [0.717, 1.165) is 25.9 Å². The Morgan fingerprint density at radius 3 is 2.59 bits per heavy atom. The van der Waals surface area contributed by atoms with Gasteiger partial charge in [-0.15, -0.1) is 10.2 Å². The first kappa shape index (κ1) is 24.2. The van der Waals surface area contributed by atoms with Gasteiger partial charge >= 0.3 is 0 Å². The molecule has 1 aliphatic heterocycles. The molecule has 2 fully saturated rings. The van der Waals surface area contributed by atoms with Gasteiger partial charge in [-0.05, 0) is 69.9 Å². The highest BCUT2D eigenvalue weighted by atomic mass is 16.5. The van der Waals surface area contributed by atoms with Crippen molar-refractivity contribution in [3.8, 4) is 22.9 Å². The van der Waals surface area contributed by atoms with Gasteiger partial charge in [0.05, 0.1) is 13.7 Å². The number of rotatable bonds is 9. The highest BCUT2D eigenvalue weighted by Crippen LogP contribution is 2.33. The molecule has 2 aliphatic rings. The maximum Gasteiger partial charge on any atom is 0.273 e. The van der Waals surface area contributed by atoms with Crippen LogP contribution in [0.4, 0.5) is 0 Å². The summed E-state index contributed by atoms with van der Waals surface area (Å²) >= 11 is 0. The van der Waals surface area contributed by atoms with Gasteiger partial charge in [0.1, 0.15) is 5.69 Å². The zero-order valence-corrected chi connectivity index (χ0v) is 20.4. The zero-order valence-electron chi connectivity index (χ0n) is 20.4. The molecule has 0 radical (unpaired) electrons. The van der Waals surface area contributed by atoms with Gasteiger partial charge < -0.3 is 24.3 Å². The van der Waals surface area contributed by atoms with Gasteiger partial charge in [0.2, 0.25) is 5.91 Å². The Hall–Kier alpha value is -2.94. The molecule has 1 aliphatic carbocycles. The van der Waals surface area contributed by atoms with E-state index in [9.17, 15) is 9.59 Å². The quantitative estimate of drug-likeness (QED) is 0.602. The Balaban J connectivity index is 1.36. The molecule has 9 heteroatoms. The standard InChI is InChI=1S/C25H35N5O4/c1-29-13-11-19(12-14-29)30(2)23(31)10-8-20-25(32)26-24(28-27-20)18-7-9-21(22(15-18)33-3)34-16-17-5-4-6-17/h7,9,15,17,19H,4-6,8,10-14,16H2,1-3H3,(H,26,28,32). The molecule has 2 heterocycles. The van der Waals surface area contributed by atoms with Gasteiger partial charge in [-0.1, -0.05) is 6.42 Å². The minimum Gasteiger partial charge on any atom is -0.493 e. The van der Waals surface area contributed by atoms with E-state index in [-0.39, 0.29) is 36.0 Å². The van der Waals surface area contributed by atoms with E-state index in [0.29, 0.717) is 35.4 Å². The van der Waals surface area contributed by atoms with E-state index in [1.807, 2.05) is 24.1 Å². The number of nitrogens with one attached hydrogen (secondary N) is 1. The van der Waals surface area contributed by atoms with Gasteiger partial charge in [0.25, 0.3) is 5.56 Å². The average molecular weight is 470 g/mol. The number of H-pyrrole nitrogens is 1. The number of carbonyl (C=O) groups excluding carboxylic acids is 1. The Bertz CT molecular complexity index is 1040. The van der Waals surface area contributed by atoms with Crippen molar-refractivity contribution >= 4 is 5.91 Å². The van der Waals surface area contributed by atoms with E-state index < -0.39 is 0 Å². The van der Waals surface area contributed by atoms with Gasteiger partial charge in [0, 0.05) is 31.5 Å². The number of methoxy groups -OCH3 is 1. The average Bonchev–Trinajstić information content (AvgIpc) is 2.82. The molecule has 9 nitrogen and oxygen atoms in total. The van der Waals surface area contributed by atoms with Crippen molar-refractivity contribution in [1.29, 1.82) is 0 Å². The number of likely N-dealkylation sites (tertiary alicyclic amines) is 1. The fraction of sp³-hybridized carbons (Fsp3) is 0.600. The summed E-state index contributed by atoms with van der Waals surface area (Å²) in [5, 5.41) is 8.32. The molecule has 0 atom stereocenters. The van der Waals surface area contributed by atoms with Crippen LogP contribution in [0.3, 0.4) is 0 Å². The monoisotopic (exact) mass is 469 g/mol. The van der Waals surface area contributed by atoms with Crippen LogP contribution in [0, 0.1) is 5.92 Å². The molecule has 0 unspecified atom stereocenters. The van der Waals surface area contributed by atoms with Crippen molar-refractivity contribution in [1.82, 2.24) is 25.0 Å². The third-order valence-electron chi connectivity index (χ3n) is 7.11. The summed E-state index contributed by atoms with van der Waals surface area (Å²) in [6.07, 6.45) is 6.14. The summed E-state index contributed by atoms with van der Waals surface area (Å²) < 4.78 is 11.4. The molecular formula is C25H35N5O4. The van der Waals surface area contributed by atoms with E-state index in [2.05, 4.69) is 27.1 Å². The Labute approximate surface area is 200 Å². The molecule has 1 saturated heterocycles. The molecule has 1 aromatic carbocycles. The number of hydrogen-bond acceptors (Lipinski definition) is 7. The predicted octanol–water partition coefficient (Wildman–Crippen LogP) is 2.50. The topological polar surface area (TPSA) is 101 Å². The van der Waals surface area contributed by atoms with E-state index in [4.69, 9.17) is 9.47 Å². The molecule has 184 valence electrons. The third-order valence-corrected chi connectivity index (χ3v) is 7.11. The first-order valence-corrected chi connectivity index (χ1v) is 12.2. The molecule has 1 aromatic heterocycles. The van der Waals surface area contributed by atoms with E-state index in [1.54, 1.807) is 13.2 Å². The largest absolute Gasteiger partial charge is 0.493 e. The summed E-state index contributed by atoms with van der Waals surface area (Å²) in [7, 11) is 5.54. The lowest BCUT2D eigenvalue weighted by Crippen LogP contribution is -2.44. The lowest BCUT2D eigenvalue weighted by atomic mass is 9.86. The molecule has 2 aromatic rings. The van der Waals surface area contributed by atoms with Gasteiger partial charge in [0.15, 0.2) is 17.3 Å². The number of piperidine rings is 1. The highest BCUT2D eigenvalue weighted by Gasteiger charge is 2.24. The molecule has 1 amide bonds. The summed E-state index contributed by atoms with van der Waals surface area (Å²) in [4.78, 5) is 32.2. The predicted molar refractivity (Wildman–Crippen MR) is 129 cm³/mol. The van der Waals surface area contributed by atoms with E-state index in [1.165, 1.54) is 19.3 Å². The number of ether oxygens (including phenoxy) is 2. The summed E-state index contributed by atoms with van der Waals surface area (Å²) in [5.41, 5.74) is 0.618. The number of aryl methyl sites for hydroxylation is 1. The maximum absolute atomic E-state index is 12.6. The first-order valence-electron chi connectivity index (χ1n) is 12.2. The third kappa shape index (κ3) is 5.75. The first-order chi connectivity index (χ1) is 16.4. The minimum absolute atomic E-state index is 0.0297. The van der Waals surface area contributed by atoms with Crippen LogP contribution in [-0.2, 0) is 11.2 Å². The van der Waals surface area contributed by atoms with Crippen molar-refractivity contribution in [3.05, 3.63) is 34.2 Å². The van der Waals surface area contributed by atoms with Crippen LogP contribution < -0.4 is 15.0 Å². The number of aromatic amines is 1. The van der Waals surface area contributed by atoms with Gasteiger partial charge in [-0.2, -0.15) is 0 Å². The SMILES string of the molecule is COc1cc(-c2nnc(CCC(=O)N(C)C3CCN(C)CC3)c(=O)[nH]2)ccc1OCC1CCC1. The summed E-state index contributed by atoms with van der Waals surface area (Å²) in [6, 6.07) is 5.71. The minimum atomic E-state index is -0.330. The van der Waals surface area contributed by atoms with E-state index >= 15 is 0 Å². The Morgan fingerprint density at radius 2 is 1.94 bits per heavy atom. The molecule has 0 spiro atoms. The fourth-order valence-electron chi connectivity index (χ4n) is 4.44. The zero-order chi connectivity index (χ0) is 24.1. The van der Waals surface area contributed by atoms with Crippen molar-refractivity contribution in [2.75, 3.05) is 40.9 Å². The van der Waals surface area contributed by atoms with Crippen LogP contribution in [0.5, 0.6) is 11.5 Å². The summed E-state index contributed by atoms with van der Waals surface area (Å²) in [6.45, 7) is 2.67. The van der Waals surface area contributed by atoms with Crippen LogP contribution in [0.15, 0.2) is 23.0 Å². The molecule has 0 bridgehead atoms. The Morgan fingerprint density at radius 1 is 1.18 bits per heavy atom. The normalized spacial score (nSPS) is 17.3. The van der Waals surface area contributed by atoms with Crippen LogP contribution in [-0.4, -0.2) is 77.8 Å². The number of aromatic nitrogens is 3. The second-order valence-electron chi connectivity index (χ2n) is 9.46. The van der Waals surface area contributed by atoms with Crippen LogP contribution >= 0.6 is 0 Å². The molecule has 34 heavy (non-hydrogen) atoms.